The van der Waals surface area contributed by atoms with Crippen LogP contribution in [-0.2, 0) is 4.79 Å². The third-order valence-electron chi connectivity index (χ3n) is 3.54. The highest BCUT2D eigenvalue weighted by Crippen LogP contribution is 2.28. The molecule has 1 aromatic rings. The molecule has 0 aliphatic carbocycles. The zero-order chi connectivity index (χ0) is 16.0. The number of carboxylic acid groups (broad SMARTS) is 1. The lowest BCUT2D eigenvalue weighted by atomic mass is 10.00. The van der Waals surface area contributed by atoms with Gasteiger partial charge in [-0.25, -0.2) is 0 Å². The molecule has 1 atom stereocenters. The van der Waals surface area contributed by atoms with Gasteiger partial charge in [-0.1, -0.05) is 32.9 Å². The van der Waals surface area contributed by atoms with Gasteiger partial charge in [0.05, 0.1) is 0 Å². The molecule has 21 heavy (non-hydrogen) atoms. The fourth-order valence-corrected chi connectivity index (χ4v) is 2.05. The molecule has 0 fully saturated rings. The molecule has 1 rings (SSSR count). The lowest BCUT2D eigenvalue weighted by molar-refractivity contribution is -0.145. The van der Waals surface area contributed by atoms with E-state index in [2.05, 4.69) is 19.2 Å². The van der Waals surface area contributed by atoms with E-state index in [9.17, 15) is 9.90 Å². The zero-order valence-corrected chi connectivity index (χ0v) is 13.7. The van der Waals surface area contributed by atoms with Gasteiger partial charge in [-0.2, -0.15) is 0 Å². The van der Waals surface area contributed by atoms with Crippen molar-refractivity contribution in [3.63, 3.8) is 0 Å². The molecule has 0 bridgehead atoms. The van der Waals surface area contributed by atoms with Crippen LogP contribution in [-0.4, -0.2) is 29.8 Å². The molecular weight excluding hydrogens is 266 g/mol. The van der Waals surface area contributed by atoms with E-state index in [-0.39, 0.29) is 6.61 Å². The topological polar surface area (TPSA) is 58.6 Å². The average molecular weight is 293 g/mol. The second kappa shape index (κ2) is 7.46. The first-order valence-corrected chi connectivity index (χ1v) is 7.52. The first-order valence-electron chi connectivity index (χ1n) is 7.52. The Hall–Kier alpha value is -1.55. The summed E-state index contributed by atoms with van der Waals surface area (Å²) in [6, 6.07) is 6.07. The summed E-state index contributed by atoms with van der Waals surface area (Å²) in [7, 11) is 0. The molecule has 0 radical (unpaired) electrons. The lowest BCUT2D eigenvalue weighted by Gasteiger charge is -2.27. The van der Waals surface area contributed by atoms with Crippen LogP contribution in [0.15, 0.2) is 18.2 Å². The summed E-state index contributed by atoms with van der Waals surface area (Å²) in [4.78, 5) is 11.5. The summed E-state index contributed by atoms with van der Waals surface area (Å²) in [5.41, 5.74) is 1.13. The number of aryl methyl sites for hydroxylation is 1. The third-order valence-corrected chi connectivity index (χ3v) is 3.54. The molecule has 0 spiro atoms. The number of carbonyl (C=O) groups is 1. The second-order valence-corrected chi connectivity index (χ2v) is 6.05. The third kappa shape index (κ3) is 4.74. The van der Waals surface area contributed by atoms with Crippen molar-refractivity contribution < 1.29 is 14.6 Å². The van der Waals surface area contributed by atoms with Gasteiger partial charge in [0, 0.05) is 0 Å². The van der Waals surface area contributed by atoms with Gasteiger partial charge in [-0.3, -0.25) is 10.1 Å². The van der Waals surface area contributed by atoms with Gasteiger partial charge in [-0.15, -0.1) is 0 Å². The highest BCUT2D eigenvalue weighted by atomic mass is 16.5. The van der Waals surface area contributed by atoms with Crippen LogP contribution in [0.25, 0.3) is 0 Å². The Kier molecular flexibility index (Phi) is 6.21. The predicted octanol–water partition coefficient (Wildman–Crippen LogP) is 3.34. The first-order chi connectivity index (χ1) is 9.80. The fraction of sp³-hybridized carbons (Fsp3) is 0.588. The Bertz CT molecular complexity index is 485. The standard InChI is InChI=1S/C17H27NO3/c1-6-9-18-17(5,16(19)20)11-21-15-10-13(4)7-8-14(15)12(2)3/h7-8,10,12,18H,6,9,11H2,1-5H3,(H,19,20). The van der Waals surface area contributed by atoms with Gasteiger partial charge in [0.2, 0.25) is 0 Å². The Balaban J connectivity index is 2.89. The van der Waals surface area contributed by atoms with Gasteiger partial charge < -0.3 is 9.84 Å². The molecule has 0 amide bonds. The van der Waals surface area contributed by atoms with Crippen LogP contribution in [0.5, 0.6) is 5.75 Å². The maximum atomic E-state index is 11.5. The van der Waals surface area contributed by atoms with Gasteiger partial charge in [0.1, 0.15) is 17.9 Å². The molecule has 0 saturated carbocycles. The number of rotatable bonds is 8. The van der Waals surface area contributed by atoms with E-state index in [1.54, 1.807) is 6.92 Å². The minimum absolute atomic E-state index is 0.103. The highest BCUT2D eigenvalue weighted by molar-refractivity contribution is 5.78. The summed E-state index contributed by atoms with van der Waals surface area (Å²) in [6.45, 7) is 10.6. The zero-order valence-electron chi connectivity index (χ0n) is 13.7. The van der Waals surface area contributed by atoms with Gasteiger partial charge >= 0.3 is 5.97 Å². The number of nitrogens with one attached hydrogen (secondary N) is 1. The van der Waals surface area contributed by atoms with Gasteiger partial charge in [0.25, 0.3) is 0 Å². The van der Waals surface area contributed by atoms with Crippen LogP contribution < -0.4 is 10.1 Å². The van der Waals surface area contributed by atoms with E-state index in [4.69, 9.17) is 4.74 Å². The summed E-state index contributed by atoms with van der Waals surface area (Å²) < 4.78 is 5.86. The Morgan fingerprint density at radius 1 is 1.43 bits per heavy atom. The molecule has 0 heterocycles. The maximum Gasteiger partial charge on any atom is 0.327 e. The highest BCUT2D eigenvalue weighted by Gasteiger charge is 2.33. The van der Waals surface area contributed by atoms with Crippen molar-refractivity contribution in [1.29, 1.82) is 0 Å². The van der Waals surface area contributed by atoms with Crippen LogP contribution in [0, 0.1) is 6.92 Å². The van der Waals surface area contributed by atoms with Crippen molar-refractivity contribution in [2.24, 2.45) is 0 Å². The number of hydrogen-bond donors (Lipinski definition) is 2. The summed E-state index contributed by atoms with van der Waals surface area (Å²) >= 11 is 0. The van der Waals surface area contributed by atoms with E-state index < -0.39 is 11.5 Å². The molecule has 4 nitrogen and oxygen atoms in total. The van der Waals surface area contributed by atoms with E-state index in [0.29, 0.717) is 12.5 Å². The van der Waals surface area contributed by atoms with Gasteiger partial charge in [0.15, 0.2) is 0 Å². The smallest absolute Gasteiger partial charge is 0.327 e. The van der Waals surface area contributed by atoms with E-state index >= 15 is 0 Å². The molecule has 0 aromatic heterocycles. The Labute approximate surface area is 127 Å². The van der Waals surface area contributed by atoms with Crippen LogP contribution in [0.2, 0.25) is 0 Å². The van der Waals surface area contributed by atoms with Crippen molar-refractivity contribution in [3.8, 4) is 5.75 Å². The molecule has 1 unspecified atom stereocenters. The molecule has 1 aromatic carbocycles. The number of carboxylic acids is 1. The van der Waals surface area contributed by atoms with Gasteiger partial charge in [-0.05, 0) is 49.9 Å². The molecule has 0 saturated heterocycles. The Morgan fingerprint density at radius 3 is 2.62 bits per heavy atom. The van der Waals surface area contributed by atoms with Crippen LogP contribution in [0.4, 0.5) is 0 Å². The van der Waals surface area contributed by atoms with E-state index in [1.807, 2.05) is 32.0 Å². The van der Waals surface area contributed by atoms with E-state index in [1.165, 1.54) is 0 Å². The summed E-state index contributed by atoms with van der Waals surface area (Å²) in [5, 5.41) is 12.5. The number of benzene rings is 1. The average Bonchev–Trinajstić information content (AvgIpc) is 2.42. The van der Waals surface area contributed by atoms with Crippen LogP contribution in [0.3, 0.4) is 0 Å². The number of aliphatic carboxylic acids is 1. The molecule has 0 aliphatic heterocycles. The largest absolute Gasteiger partial charge is 0.491 e. The molecule has 118 valence electrons. The summed E-state index contributed by atoms with van der Waals surface area (Å²) in [6.07, 6.45) is 0.880. The fourth-order valence-electron chi connectivity index (χ4n) is 2.05. The quantitative estimate of drug-likeness (QED) is 0.772. The first kappa shape index (κ1) is 17.5. The number of ether oxygens (including phenoxy) is 1. The van der Waals surface area contributed by atoms with Crippen LogP contribution >= 0.6 is 0 Å². The minimum atomic E-state index is -1.08. The van der Waals surface area contributed by atoms with Crippen molar-refractivity contribution in [2.45, 2.75) is 52.5 Å². The molecule has 4 heteroatoms. The second-order valence-electron chi connectivity index (χ2n) is 6.05. The van der Waals surface area contributed by atoms with Crippen LogP contribution in [0.1, 0.15) is 51.2 Å². The monoisotopic (exact) mass is 293 g/mol. The molecular formula is C17H27NO3. The molecule has 2 N–H and O–H groups in total. The van der Waals surface area contributed by atoms with Crippen molar-refractivity contribution in [1.82, 2.24) is 5.32 Å². The van der Waals surface area contributed by atoms with Crippen molar-refractivity contribution in [3.05, 3.63) is 29.3 Å². The normalized spacial score (nSPS) is 14.0. The minimum Gasteiger partial charge on any atom is -0.491 e. The predicted molar refractivity (Wildman–Crippen MR) is 85.1 cm³/mol. The SMILES string of the molecule is CCCNC(C)(COc1cc(C)ccc1C(C)C)C(=O)O. The van der Waals surface area contributed by atoms with Crippen molar-refractivity contribution in [2.75, 3.05) is 13.2 Å². The number of hydrogen-bond acceptors (Lipinski definition) is 3. The maximum absolute atomic E-state index is 11.5. The molecule has 0 aliphatic rings. The van der Waals surface area contributed by atoms with Crippen molar-refractivity contribution >= 4 is 5.97 Å². The summed E-state index contributed by atoms with van der Waals surface area (Å²) in [5.74, 6) is 0.214. The lowest BCUT2D eigenvalue weighted by Crippen LogP contribution is -2.54. The Morgan fingerprint density at radius 2 is 2.10 bits per heavy atom. The van der Waals surface area contributed by atoms with E-state index in [0.717, 1.165) is 23.3 Å².